The standard InChI is InChI=1S/C21H26N6O2/c1-20(2,3)12-26-15(8-14-11-24-16(10-22)25-18(14)26)19(29)27-13-21(9-17(27)28)4-6-23-7-5-21/h8,11,23H,4-7,9,12-13H2,1-3H3. The number of piperidine rings is 1. The van der Waals surface area contributed by atoms with Crippen molar-refractivity contribution in [2.24, 2.45) is 10.8 Å². The predicted molar refractivity (Wildman–Crippen MR) is 107 cm³/mol. The smallest absolute Gasteiger partial charge is 0.277 e. The molecule has 0 bridgehead atoms. The highest BCUT2D eigenvalue weighted by Crippen LogP contribution is 2.40. The number of hydrogen-bond acceptors (Lipinski definition) is 6. The Kier molecular flexibility index (Phi) is 4.66. The molecule has 1 spiro atoms. The van der Waals surface area contributed by atoms with Gasteiger partial charge in [0.25, 0.3) is 5.91 Å². The maximum atomic E-state index is 13.5. The van der Waals surface area contributed by atoms with Crippen molar-refractivity contribution >= 4 is 22.8 Å². The van der Waals surface area contributed by atoms with Gasteiger partial charge in [0.1, 0.15) is 17.4 Å². The molecule has 2 saturated heterocycles. The quantitative estimate of drug-likeness (QED) is 0.782. The summed E-state index contributed by atoms with van der Waals surface area (Å²) in [6.07, 6.45) is 3.81. The van der Waals surface area contributed by atoms with E-state index in [1.807, 2.05) is 10.6 Å². The molecule has 29 heavy (non-hydrogen) atoms. The first-order valence-electron chi connectivity index (χ1n) is 10.0. The fourth-order valence-electron chi connectivity index (χ4n) is 4.42. The molecule has 4 heterocycles. The summed E-state index contributed by atoms with van der Waals surface area (Å²) in [5.74, 6) is -0.324. The summed E-state index contributed by atoms with van der Waals surface area (Å²) in [5.41, 5.74) is 0.758. The van der Waals surface area contributed by atoms with Gasteiger partial charge in [-0.15, -0.1) is 0 Å². The molecular formula is C21H26N6O2. The van der Waals surface area contributed by atoms with Crippen LogP contribution in [0.1, 0.15) is 56.3 Å². The lowest BCUT2D eigenvalue weighted by Gasteiger charge is -2.32. The molecule has 0 aliphatic carbocycles. The molecule has 1 N–H and O–H groups in total. The number of hydrogen-bond donors (Lipinski definition) is 1. The van der Waals surface area contributed by atoms with Crippen LogP contribution in [0, 0.1) is 22.2 Å². The van der Waals surface area contributed by atoms with Crippen LogP contribution in [0.5, 0.6) is 0 Å². The van der Waals surface area contributed by atoms with Crippen LogP contribution in [-0.2, 0) is 11.3 Å². The van der Waals surface area contributed by atoms with Crippen molar-refractivity contribution in [3.05, 3.63) is 23.8 Å². The van der Waals surface area contributed by atoms with Crippen LogP contribution in [0.25, 0.3) is 11.0 Å². The Bertz CT molecular complexity index is 1020. The summed E-state index contributed by atoms with van der Waals surface area (Å²) in [4.78, 5) is 36.0. The van der Waals surface area contributed by atoms with Gasteiger partial charge in [-0.05, 0) is 42.8 Å². The number of imide groups is 1. The van der Waals surface area contributed by atoms with Crippen molar-refractivity contribution in [2.75, 3.05) is 19.6 Å². The second-order valence-corrected chi connectivity index (χ2v) is 9.47. The van der Waals surface area contributed by atoms with Crippen molar-refractivity contribution in [3.8, 4) is 6.07 Å². The highest BCUT2D eigenvalue weighted by molar-refractivity contribution is 6.07. The number of nitrogens with zero attached hydrogens (tertiary/aromatic N) is 5. The molecular weight excluding hydrogens is 368 g/mol. The zero-order valence-corrected chi connectivity index (χ0v) is 17.2. The van der Waals surface area contributed by atoms with E-state index < -0.39 is 0 Å². The largest absolute Gasteiger partial charge is 0.321 e. The Balaban J connectivity index is 1.74. The van der Waals surface area contributed by atoms with Crippen LogP contribution >= 0.6 is 0 Å². The molecule has 2 aliphatic heterocycles. The molecule has 0 radical (unpaired) electrons. The monoisotopic (exact) mass is 394 g/mol. The van der Waals surface area contributed by atoms with Crippen LogP contribution < -0.4 is 5.32 Å². The number of amides is 2. The number of nitrogens with one attached hydrogen (secondary N) is 1. The van der Waals surface area contributed by atoms with E-state index in [2.05, 4.69) is 36.1 Å². The molecule has 0 aromatic carbocycles. The first-order valence-corrected chi connectivity index (χ1v) is 10.0. The first kappa shape index (κ1) is 19.5. The van der Waals surface area contributed by atoms with E-state index in [4.69, 9.17) is 0 Å². The Hall–Kier alpha value is -2.79. The van der Waals surface area contributed by atoms with Crippen LogP contribution in [0.2, 0.25) is 0 Å². The lowest BCUT2D eigenvalue weighted by Crippen LogP contribution is -2.40. The second kappa shape index (κ2) is 6.92. The lowest BCUT2D eigenvalue weighted by atomic mass is 9.78. The van der Waals surface area contributed by atoms with E-state index in [0.717, 1.165) is 25.9 Å². The number of carbonyl (C=O) groups is 2. The molecule has 2 aliphatic rings. The molecule has 152 valence electrons. The van der Waals surface area contributed by atoms with E-state index in [-0.39, 0.29) is 28.5 Å². The predicted octanol–water partition coefficient (Wildman–Crippen LogP) is 2.09. The van der Waals surface area contributed by atoms with E-state index in [1.54, 1.807) is 12.3 Å². The number of nitriles is 1. The zero-order valence-electron chi connectivity index (χ0n) is 17.2. The maximum Gasteiger partial charge on any atom is 0.277 e. The Labute approximate surface area is 169 Å². The van der Waals surface area contributed by atoms with Gasteiger partial charge in [0.05, 0.1) is 0 Å². The topological polar surface area (TPSA) is 104 Å². The van der Waals surface area contributed by atoms with E-state index >= 15 is 0 Å². The minimum atomic E-state index is -0.286. The van der Waals surface area contributed by atoms with Gasteiger partial charge in [0.2, 0.25) is 11.7 Å². The van der Waals surface area contributed by atoms with Gasteiger partial charge >= 0.3 is 0 Å². The van der Waals surface area contributed by atoms with Crippen LogP contribution in [0.15, 0.2) is 12.3 Å². The molecule has 0 atom stereocenters. The van der Waals surface area contributed by atoms with E-state index in [9.17, 15) is 14.9 Å². The first-order chi connectivity index (χ1) is 13.7. The van der Waals surface area contributed by atoms with Gasteiger partial charge in [-0.25, -0.2) is 9.97 Å². The summed E-state index contributed by atoms with van der Waals surface area (Å²) in [5, 5.41) is 13.2. The Morgan fingerprint density at radius 3 is 2.72 bits per heavy atom. The average Bonchev–Trinajstić information content (AvgIpc) is 3.18. The van der Waals surface area contributed by atoms with Gasteiger partial charge < -0.3 is 9.88 Å². The van der Waals surface area contributed by atoms with Crippen LogP contribution in [-0.4, -0.2) is 50.9 Å². The normalized spacial score (nSPS) is 19.1. The highest BCUT2D eigenvalue weighted by atomic mass is 16.2. The highest BCUT2D eigenvalue weighted by Gasteiger charge is 2.46. The Morgan fingerprint density at radius 1 is 1.34 bits per heavy atom. The van der Waals surface area contributed by atoms with Crippen LogP contribution in [0.3, 0.4) is 0 Å². The van der Waals surface area contributed by atoms with Gasteiger partial charge in [0, 0.05) is 31.1 Å². The third-order valence-electron chi connectivity index (χ3n) is 5.82. The molecule has 2 aromatic heterocycles. The van der Waals surface area contributed by atoms with Gasteiger partial charge in [-0.2, -0.15) is 5.26 Å². The average molecular weight is 394 g/mol. The summed E-state index contributed by atoms with van der Waals surface area (Å²) >= 11 is 0. The van der Waals surface area contributed by atoms with Crippen molar-refractivity contribution < 1.29 is 9.59 Å². The zero-order chi connectivity index (χ0) is 20.8. The summed E-state index contributed by atoms with van der Waals surface area (Å²) in [7, 11) is 0. The van der Waals surface area contributed by atoms with E-state index in [1.165, 1.54) is 4.90 Å². The van der Waals surface area contributed by atoms with Crippen molar-refractivity contribution in [3.63, 3.8) is 0 Å². The molecule has 2 fully saturated rings. The summed E-state index contributed by atoms with van der Waals surface area (Å²) in [6.45, 7) is 8.99. The third-order valence-corrected chi connectivity index (χ3v) is 5.82. The maximum absolute atomic E-state index is 13.5. The van der Waals surface area contributed by atoms with Gasteiger partial charge in [-0.1, -0.05) is 20.8 Å². The van der Waals surface area contributed by atoms with Crippen molar-refractivity contribution in [1.29, 1.82) is 5.26 Å². The number of likely N-dealkylation sites (tertiary alicyclic amines) is 1. The molecule has 8 heteroatoms. The number of rotatable bonds is 2. The van der Waals surface area contributed by atoms with Gasteiger partial charge in [-0.3, -0.25) is 14.5 Å². The molecule has 2 amide bonds. The molecule has 8 nitrogen and oxygen atoms in total. The fraction of sp³-hybridized carbons (Fsp3) is 0.571. The molecule has 4 rings (SSSR count). The molecule has 2 aromatic rings. The SMILES string of the molecule is CC(C)(C)Cn1c(C(=O)N2CC3(CCNCC3)CC2=O)cc2cnc(C#N)nc21. The van der Waals surface area contributed by atoms with Crippen molar-refractivity contribution in [1.82, 2.24) is 24.8 Å². The number of carbonyl (C=O) groups excluding carboxylic acids is 2. The van der Waals surface area contributed by atoms with E-state index in [0.29, 0.717) is 36.2 Å². The van der Waals surface area contributed by atoms with Crippen molar-refractivity contribution in [2.45, 2.75) is 46.6 Å². The number of aromatic nitrogens is 3. The fourth-order valence-corrected chi connectivity index (χ4v) is 4.42. The third kappa shape index (κ3) is 3.62. The minimum Gasteiger partial charge on any atom is -0.321 e. The van der Waals surface area contributed by atoms with Crippen LogP contribution in [0.4, 0.5) is 0 Å². The second-order valence-electron chi connectivity index (χ2n) is 9.47. The van der Waals surface area contributed by atoms with Gasteiger partial charge in [0.15, 0.2) is 0 Å². The summed E-state index contributed by atoms with van der Waals surface area (Å²) in [6, 6.07) is 3.70. The number of fused-ring (bicyclic) bond motifs is 1. The molecule has 0 saturated carbocycles. The lowest BCUT2D eigenvalue weighted by molar-refractivity contribution is -0.125. The Morgan fingerprint density at radius 2 is 2.07 bits per heavy atom. The molecule has 0 unspecified atom stereocenters. The summed E-state index contributed by atoms with van der Waals surface area (Å²) < 4.78 is 1.83. The minimum absolute atomic E-state index is 0.0654.